The number of carboxylic acid groups (broad SMARTS) is 1. The first-order valence-electron chi connectivity index (χ1n) is 7.95. The summed E-state index contributed by atoms with van der Waals surface area (Å²) in [5, 5.41) is 9.77. The lowest BCUT2D eigenvalue weighted by Gasteiger charge is -2.37. The normalized spacial score (nSPS) is 17.4. The lowest BCUT2D eigenvalue weighted by atomic mass is 9.73. The van der Waals surface area contributed by atoms with Gasteiger partial charge in [-0.15, -0.1) is 0 Å². The van der Waals surface area contributed by atoms with Crippen molar-refractivity contribution in [1.29, 1.82) is 0 Å². The van der Waals surface area contributed by atoms with Gasteiger partial charge in [-0.05, 0) is 74.9 Å². The van der Waals surface area contributed by atoms with Gasteiger partial charge in [0.1, 0.15) is 17.3 Å². The van der Waals surface area contributed by atoms with Crippen molar-refractivity contribution in [3.8, 4) is 11.5 Å². The van der Waals surface area contributed by atoms with Crippen molar-refractivity contribution in [2.45, 2.75) is 18.3 Å². The fraction of sp³-hybridized carbons (Fsp3) is 0.316. The van der Waals surface area contributed by atoms with E-state index in [2.05, 4.69) is 4.90 Å². The lowest BCUT2D eigenvalue weighted by molar-refractivity contribution is -0.145. The number of nitrogens with zero attached hydrogens (tertiary/aromatic N) is 1. The first kappa shape index (κ1) is 16.5. The summed E-state index contributed by atoms with van der Waals surface area (Å²) in [6.45, 7) is 1.53. The molecule has 1 aliphatic rings. The van der Waals surface area contributed by atoms with Crippen molar-refractivity contribution in [2.75, 3.05) is 20.1 Å². The van der Waals surface area contributed by atoms with Gasteiger partial charge in [-0.1, -0.05) is 12.1 Å². The van der Waals surface area contributed by atoms with Gasteiger partial charge in [0, 0.05) is 0 Å². The van der Waals surface area contributed by atoms with E-state index >= 15 is 0 Å². The van der Waals surface area contributed by atoms with Crippen LogP contribution in [0.4, 0.5) is 4.39 Å². The van der Waals surface area contributed by atoms with Crippen LogP contribution in [0.15, 0.2) is 48.5 Å². The molecule has 1 saturated heterocycles. The van der Waals surface area contributed by atoms with Crippen molar-refractivity contribution in [3.05, 3.63) is 59.9 Å². The van der Waals surface area contributed by atoms with Crippen LogP contribution in [0.25, 0.3) is 0 Å². The number of aliphatic carboxylic acids is 1. The number of carboxylic acids is 1. The largest absolute Gasteiger partial charge is 0.481 e. The van der Waals surface area contributed by atoms with E-state index in [4.69, 9.17) is 4.74 Å². The molecule has 2 aromatic carbocycles. The Hall–Kier alpha value is -2.40. The third kappa shape index (κ3) is 3.26. The van der Waals surface area contributed by atoms with E-state index in [1.807, 2.05) is 19.2 Å². The van der Waals surface area contributed by atoms with E-state index in [-0.39, 0.29) is 5.82 Å². The molecule has 0 aliphatic carbocycles. The van der Waals surface area contributed by atoms with E-state index in [1.165, 1.54) is 12.1 Å². The van der Waals surface area contributed by atoms with Gasteiger partial charge in [-0.2, -0.15) is 0 Å². The van der Waals surface area contributed by atoms with Gasteiger partial charge in [0.2, 0.25) is 0 Å². The molecule has 0 saturated carbocycles. The molecule has 0 unspecified atom stereocenters. The number of ether oxygens (including phenoxy) is 1. The van der Waals surface area contributed by atoms with Gasteiger partial charge in [0.25, 0.3) is 0 Å². The number of rotatable bonds is 4. The second kappa shape index (κ2) is 6.61. The highest BCUT2D eigenvalue weighted by Gasteiger charge is 2.42. The Bertz CT molecular complexity index is 704. The molecule has 126 valence electrons. The Balaban J connectivity index is 1.80. The summed E-state index contributed by atoms with van der Waals surface area (Å²) >= 11 is 0. The highest BCUT2D eigenvalue weighted by atomic mass is 19.1. The topological polar surface area (TPSA) is 49.8 Å². The molecule has 24 heavy (non-hydrogen) atoms. The van der Waals surface area contributed by atoms with Gasteiger partial charge < -0.3 is 14.7 Å². The predicted molar refractivity (Wildman–Crippen MR) is 89.0 cm³/mol. The number of halogens is 1. The zero-order chi connectivity index (χ0) is 17.2. The van der Waals surface area contributed by atoms with Gasteiger partial charge in [0.15, 0.2) is 0 Å². The van der Waals surface area contributed by atoms with E-state index < -0.39 is 11.4 Å². The van der Waals surface area contributed by atoms with Crippen LogP contribution in [0.2, 0.25) is 0 Å². The molecule has 1 heterocycles. The zero-order valence-electron chi connectivity index (χ0n) is 13.5. The highest BCUT2D eigenvalue weighted by molar-refractivity contribution is 5.81. The molecular weight excluding hydrogens is 309 g/mol. The first-order chi connectivity index (χ1) is 11.5. The molecule has 1 aliphatic heterocycles. The third-order valence-corrected chi connectivity index (χ3v) is 4.71. The molecule has 0 atom stereocenters. The van der Waals surface area contributed by atoms with Gasteiger partial charge in [0.05, 0.1) is 5.41 Å². The molecule has 1 fully saturated rings. The fourth-order valence-electron chi connectivity index (χ4n) is 3.11. The lowest BCUT2D eigenvalue weighted by Crippen LogP contribution is -2.46. The number of carbonyl (C=O) groups is 1. The minimum Gasteiger partial charge on any atom is -0.481 e. The van der Waals surface area contributed by atoms with Crippen molar-refractivity contribution in [1.82, 2.24) is 4.90 Å². The van der Waals surface area contributed by atoms with Crippen LogP contribution in [-0.2, 0) is 10.2 Å². The molecular formula is C19H20FNO3. The van der Waals surface area contributed by atoms with Gasteiger partial charge >= 0.3 is 5.97 Å². The van der Waals surface area contributed by atoms with Crippen molar-refractivity contribution in [2.24, 2.45) is 0 Å². The minimum atomic E-state index is -0.832. The molecule has 4 nitrogen and oxygen atoms in total. The second-order valence-electron chi connectivity index (χ2n) is 6.27. The second-order valence-corrected chi connectivity index (χ2v) is 6.27. The Morgan fingerprint density at radius 1 is 1.04 bits per heavy atom. The monoisotopic (exact) mass is 329 g/mol. The molecule has 0 amide bonds. The Kier molecular flexibility index (Phi) is 4.53. The van der Waals surface area contributed by atoms with E-state index in [9.17, 15) is 14.3 Å². The molecule has 0 bridgehead atoms. The third-order valence-electron chi connectivity index (χ3n) is 4.71. The molecule has 5 heteroatoms. The molecule has 0 radical (unpaired) electrons. The van der Waals surface area contributed by atoms with Crippen LogP contribution < -0.4 is 4.74 Å². The van der Waals surface area contributed by atoms with Crippen LogP contribution in [0, 0.1) is 5.82 Å². The summed E-state index contributed by atoms with van der Waals surface area (Å²) in [6, 6.07) is 12.9. The average molecular weight is 329 g/mol. The molecule has 3 rings (SSSR count). The number of piperidine rings is 1. The minimum absolute atomic E-state index is 0.316. The van der Waals surface area contributed by atoms with Crippen LogP contribution in [-0.4, -0.2) is 36.1 Å². The summed E-state index contributed by atoms with van der Waals surface area (Å²) < 4.78 is 18.6. The number of hydrogen-bond acceptors (Lipinski definition) is 3. The van der Waals surface area contributed by atoms with Crippen LogP contribution in [0.5, 0.6) is 11.5 Å². The maximum atomic E-state index is 12.9. The number of likely N-dealkylation sites (tertiary alicyclic amines) is 1. The maximum Gasteiger partial charge on any atom is 0.314 e. The van der Waals surface area contributed by atoms with Crippen LogP contribution in [0.1, 0.15) is 18.4 Å². The zero-order valence-corrected chi connectivity index (χ0v) is 13.5. The number of benzene rings is 2. The standard InChI is InChI=1S/C19H20FNO3/c1-21-12-10-19(11-13-21,18(22)23)14-2-6-16(7-3-14)24-17-8-4-15(20)5-9-17/h2-9H,10-13H2,1H3,(H,22,23). The Morgan fingerprint density at radius 3 is 2.04 bits per heavy atom. The van der Waals surface area contributed by atoms with Crippen molar-refractivity contribution >= 4 is 5.97 Å². The predicted octanol–water partition coefficient (Wildman–Crippen LogP) is 3.67. The van der Waals surface area contributed by atoms with E-state index in [0.717, 1.165) is 18.7 Å². The Labute approximate surface area is 140 Å². The van der Waals surface area contributed by atoms with Gasteiger partial charge in [-0.3, -0.25) is 4.79 Å². The van der Waals surface area contributed by atoms with Crippen LogP contribution >= 0.6 is 0 Å². The summed E-state index contributed by atoms with van der Waals surface area (Å²) in [6.07, 6.45) is 1.19. The molecule has 2 aromatic rings. The first-order valence-corrected chi connectivity index (χ1v) is 7.95. The molecule has 1 N–H and O–H groups in total. The average Bonchev–Trinajstić information content (AvgIpc) is 2.58. The van der Waals surface area contributed by atoms with Crippen LogP contribution in [0.3, 0.4) is 0 Å². The molecule has 0 spiro atoms. The summed E-state index contributed by atoms with van der Waals surface area (Å²) in [4.78, 5) is 14.1. The molecule has 0 aromatic heterocycles. The van der Waals surface area contributed by atoms with Gasteiger partial charge in [-0.25, -0.2) is 4.39 Å². The summed E-state index contributed by atoms with van der Waals surface area (Å²) in [7, 11) is 2.01. The Morgan fingerprint density at radius 2 is 1.54 bits per heavy atom. The van der Waals surface area contributed by atoms with Crippen molar-refractivity contribution < 1.29 is 19.0 Å². The maximum absolute atomic E-state index is 12.9. The quantitative estimate of drug-likeness (QED) is 0.930. The fourth-order valence-corrected chi connectivity index (χ4v) is 3.11. The summed E-state index contributed by atoms with van der Waals surface area (Å²) in [5.41, 5.74) is -0.0319. The number of hydrogen-bond donors (Lipinski definition) is 1. The van der Waals surface area contributed by atoms with E-state index in [0.29, 0.717) is 24.3 Å². The highest BCUT2D eigenvalue weighted by Crippen LogP contribution is 2.36. The smallest absolute Gasteiger partial charge is 0.314 e. The summed E-state index contributed by atoms with van der Waals surface area (Å²) in [5.74, 6) is 0.0429. The van der Waals surface area contributed by atoms with E-state index in [1.54, 1.807) is 24.3 Å². The van der Waals surface area contributed by atoms with Crippen molar-refractivity contribution in [3.63, 3.8) is 0 Å². The SMILES string of the molecule is CN1CCC(C(=O)O)(c2ccc(Oc3ccc(F)cc3)cc2)CC1.